The smallest absolute Gasteiger partial charge is 0.225 e. The van der Waals surface area contributed by atoms with Crippen molar-refractivity contribution in [3.05, 3.63) is 5.56 Å². The van der Waals surface area contributed by atoms with Gasteiger partial charge in [0, 0.05) is 38.9 Å². The highest BCUT2D eigenvalue weighted by Crippen LogP contribution is 2.42. The number of rotatable bonds is 2. The largest absolute Gasteiger partial charge is 0.470 e. The van der Waals surface area contributed by atoms with Gasteiger partial charge >= 0.3 is 0 Å². The highest BCUT2D eigenvalue weighted by molar-refractivity contribution is 5.76. The van der Waals surface area contributed by atoms with Gasteiger partial charge in [-0.15, -0.1) is 0 Å². The van der Waals surface area contributed by atoms with Crippen molar-refractivity contribution in [2.45, 2.75) is 37.7 Å². The zero-order valence-corrected chi connectivity index (χ0v) is 12.5. The van der Waals surface area contributed by atoms with Crippen LogP contribution in [0.5, 0.6) is 5.88 Å². The van der Waals surface area contributed by atoms with Gasteiger partial charge in [0.15, 0.2) is 0 Å². The van der Waals surface area contributed by atoms with Crippen molar-refractivity contribution in [3.63, 3.8) is 0 Å². The van der Waals surface area contributed by atoms with Crippen LogP contribution >= 0.6 is 0 Å². The van der Waals surface area contributed by atoms with Crippen molar-refractivity contribution < 1.29 is 9.53 Å². The van der Waals surface area contributed by atoms with Crippen LogP contribution < -0.4 is 21.9 Å². The van der Waals surface area contributed by atoms with Crippen molar-refractivity contribution in [3.8, 4) is 5.88 Å². The Balaban J connectivity index is 1.74. The molecule has 3 heterocycles. The van der Waals surface area contributed by atoms with Crippen LogP contribution in [0.2, 0.25) is 0 Å². The first kappa shape index (κ1) is 14.8. The lowest BCUT2D eigenvalue weighted by molar-refractivity contribution is -0.131. The topological polar surface area (TPSA) is 133 Å². The molecule has 0 aromatic carbocycles. The minimum atomic E-state index is -0.351. The molecule has 0 radical (unpaired) electrons. The van der Waals surface area contributed by atoms with Crippen LogP contribution in [0.1, 0.15) is 31.2 Å². The van der Waals surface area contributed by atoms with E-state index in [4.69, 9.17) is 21.9 Å². The number of anilines is 2. The van der Waals surface area contributed by atoms with Gasteiger partial charge in [0.2, 0.25) is 17.7 Å². The molecule has 1 aromatic heterocycles. The minimum absolute atomic E-state index is 0.110. The van der Waals surface area contributed by atoms with Crippen LogP contribution in [0.25, 0.3) is 0 Å². The number of ether oxygens (including phenoxy) is 1. The fraction of sp³-hybridized carbons (Fsp3) is 0.643. The molecule has 0 aliphatic carbocycles. The predicted molar refractivity (Wildman–Crippen MR) is 82.0 cm³/mol. The number of hydrogen-bond acceptors (Lipinski definition) is 7. The second kappa shape index (κ2) is 5.60. The number of nitrogens with two attached hydrogens (primary N) is 3. The fourth-order valence-electron chi connectivity index (χ4n) is 3.29. The first-order chi connectivity index (χ1) is 10.5. The monoisotopic (exact) mass is 306 g/mol. The molecule has 0 bridgehead atoms. The van der Waals surface area contributed by atoms with Crippen LogP contribution in [0.15, 0.2) is 0 Å². The minimum Gasteiger partial charge on any atom is -0.470 e. The molecule has 2 aliphatic rings. The average molecular weight is 306 g/mol. The Hall–Kier alpha value is -2.09. The molecule has 1 spiro atoms. The van der Waals surface area contributed by atoms with Crippen LogP contribution in [0.3, 0.4) is 0 Å². The number of nitrogen functional groups attached to an aromatic ring is 2. The van der Waals surface area contributed by atoms with E-state index in [1.54, 1.807) is 0 Å². The van der Waals surface area contributed by atoms with E-state index in [1.807, 2.05) is 4.90 Å². The molecular formula is C14H22N6O2. The Bertz CT molecular complexity index is 593. The van der Waals surface area contributed by atoms with E-state index in [-0.39, 0.29) is 17.5 Å². The van der Waals surface area contributed by atoms with Crippen molar-refractivity contribution in [2.75, 3.05) is 31.1 Å². The van der Waals surface area contributed by atoms with E-state index in [9.17, 15) is 4.79 Å². The van der Waals surface area contributed by atoms with E-state index >= 15 is 0 Å². The summed E-state index contributed by atoms with van der Waals surface area (Å²) in [5.74, 6) is 1.12. The summed E-state index contributed by atoms with van der Waals surface area (Å²) in [6.07, 6.45) is 3.55. The molecule has 2 aliphatic heterocycles. The first-order valence-corrected chi connectivity index (χ1v) is 7.62. The number of carbonyl (C=O) groups is 1. The molecule has 1 aromatic rings. The summed E-state index contributed by atoms with van der Waals surface area (Å²) >= 11 is 0. The molecule has 1 fully saturated rings. The predicted octanol–water partition coefficient (Wildman–Crippen LogP) is -0.324. The van der Waals surface area contributed by atoms with Gasteiger partial charge < -0.3 is 26.8 Å². The van der Waals surface area contributed by atoms with E-state index in [2.05, 4.69) is 9.97 Å². The Morgan fingerprint density at radius 1 is 1.27 bits per heavy atom. The molecule has 0 unspecified atom stereocenters. The molecule has 6 N–H and O–H groups in total. The Kier molecular flexibility index (Phi) is 3.78. The van der Waals surface area contributed by atoms with E-state index < -0.39 is 0 Å². The molecule has 0 saturated carbocycles. The Morgan fingerprint density at radius 3 is 2.86 bits per heavy atom. The van der Waals surface area contributed by atoms with Gasteiger partial charge in [-0.1, -0.05) is 0 Å². The standard InChI is InChI=1S/C14H22N6O2/c15-5-2-10(21)20-6-1-3-14(4-7-20)8-9-11(16)18-13(17)19-12(9)22-14/h1-8,15H2,(H4,16,17,18,19)/t14-/m1/s1. The fourth-order valence-corrected chi connectivity index (χ4v) is 3.29. The van der Waals surface area contributed by atoms with Gasteiger partial charge in [-0.05, 0) is 12.8 Å². The summed E-state index contributed by atoms with van der Waals surface area (Å²) < 4.78 is 6.09. The van der Waals surface area contributed by atoms with Crippen molar-refractivity contribution in [1.82, 2.24) is 14.9 Å². The SMILES string of the molecule is NCCC(=O)N1CCC[C@@]2(CC1)Cc1c(N)nc(N)nc1O2. The molecule has 8 nitrogen and oxygen atoms in total. The third-order valence-electron chi connectivity index (χ3n) is 4.44. The molecule has 120 valence electrons. The highest BCUT2D eigenvalue weighted by atomic mass is 16.5. The van der Waals surface area contributed by atoms with Gasteiger partial charge in [0.25, 0.3) is 0 Å². The maximum atomic E-state index is 12.0. The summed E-state index contributed by atoms with van der Waals surface area (Å²) in [5, 5.41) is 0. The maximum absolute atomic E-state index is 12.0. The van der Waals surface area contributed by atoms with Gasteiger partial charge in [0.1, 0.15) is 11.4 Å². The molecule has 22 heavy (non-hydrogen) atoms. The average Bonchev–Trinajstić information content (AvgIpc) is 2.68. The lowest BCUT2D eigenvalue weighted by Crippen LogP contribution is -2.37. The first-order valence-electron chi connectivity index (χ1n) is 7.62. The molecule has 8 heteroatoms. The van der Waals surface area contributed by atoms with Crippen molar-refractivity contribution >= 4 is 17.7 Å². The molecule has 3 rings (SSSR count). The van der Waals surface area contributed by atoms with Crippen molar-refractivity contribution in [2.24, 2.45) is 5.73 Å². The third kappa shape index (κ3) is 2.66. The number of aromatic nitrogens is 2. The molecular weight excluding hydrogens is 284 g/mol. The van der Waals surface area contributed by atoms with Gasteiger partial charge in [-0.25, -0.2) is 0 Å². The number of carbonyl (C=O) groups excluding carboxylic acids is 1. The second-order valence-electron chi connectivity index (χ2n) is 5.99. The number of amides is 1. The quantitative estimate of drug-likeness (QED) is 0.681. The van der Waals surface area contributed by atoms with Gasteiger partial charge in [-0.2, -0.15) is 9.97 Å². The number of hydrogen-bond donors (Lipinski definition) is 3. The van der Waals surface area contributed by atoms with Crippen LogP contribution in [0.4, 0.5) is 11.8 Å². The van der Waals surface area contributed by atoms with E-state index in [1.165, 1.54) is 0 Å². The summed E-state index contributed by atoms with van der Waals surface area (Å²) in [4.78, 5) is 22.0. The summed E-state index contributed by atoms with van der Waals surface area (Å²) in [7, 11) is 0. The summed E-state index contributed by atoms with van der Waals surface area (Å²) in [5.41, 5.74) is 17.5. The summed E-state index contributed by atoms with van der Waals surface area (Å²) in [6, 6.07) is 0. The number of likely N-dealkylation sites (tertiary alicyclic amines) is 1. The number of nitrogens with zero attached hydrogens (tertiary/aromatic N) is 3. The van der Waals surface area contributed by atoms with Gasteiger partial charge in [-0.3, -0.25) is 4.79 Å². The normalized spacial score (nSPS) is 24.0. The zero-order chi connectivity index (χ0) is 15.7. The Labute approximate surface area is 129 Å². The van der Waals surface area contributed by atoms with Gasteiger partial charge in [0.05, 0.1) is 5.56 Å². The maximum Gasteiger partial charge on any atom is 0.225 e. The number of fused-ring (bicyclic) bond motifs is 1. The van der Waals surface area contributed by atoms with E-state index in [0.717, 1.165) is 31.4 Å². The lowest BCUT2D eigenvalue weighted by atomic mass is 9.90. The summed E-state index contributed by atoms with van der Waals surface area (Å²) in [6.45, 7) is 1.78. The molecule has 1 saturated heterocycles. The van der Waals surface area contributed by atoms with Crippen molar-refractivity contribution in [1.29, 1.82) is 0 Å². The third-order valence-corrected chi connectivity index (χ3v) is 4.44. The van der Waals surface area contributed by atoms with E-state index in [0.29, 0.717) is 37.6 Å². The Morgan fingerprint density at radius 2 is 2.09 bits per heavy atom. The van der Waals surface area contributed by atoms with Crippen LogP contribution in [-0.4, -0.2) is 46.0 Å². The lowest BCUT2D eigenvalue weighted by Gasteiger charge is -2.27. The molecule has 1 atom stereocenters. The van der Waals surface area contributed by atoms with Crippen LogP contribution in [-0.2, 0) is 11.2 Å². The zero-order valence-electron chi connectivity index (χ0n) is 12.5. The molecule has 1 amide bonds. The highest BCUT2D eigenvalue weighted by Gasteiger charge is 2.43. The van der Waals surface area contributed by atoms with Crippen LogP contribution in [0, 0.1) is 0 Å². The second-order valence-corrected chi connectivity index (χ2v) is 5.99.